The first kappa shape index (κ1) is 11.4. The van der Waals surface area contributed by atoms with Crippen molar-refractivity contribution in [2.75, 3.05) is 11.9 Å². The van der Waals surface area contributed by atoms with Crippen LogP contribution in [-0.2, 0) is 4.79 Å². The number of halogens is 2. The lowest BCUT2D eigenvalue weighted by molar-refractivity contribution is -0.126. The molecule has 0 spiro atoms. The molecule has 1 aliphatic rings. The number of nitrogens with zero attached hydrogens (tertiary/aromatic N) is 1. The molecule has 1 unspecified atom stereocenters. The molecular weight excluding hydrogens is 277 g/mol. The highest BCUT2D eigenvalue weighted by atomic mass is 79.9. The van der Waals surface area contributed by atoms with Gasteiger partial charge < -0.3 is 9.64 Å². The van der Waals surface area contributed by atoms with Gasteiger partial charge in [0, 0.05) is 11.5 Å². The van der Waals surface area contributed by atoms with Gasteiger partial charge in [0.05, 0.1) is 5.69 Å². The highest BCUT2D eigenvalue weighted by Gasteiger charge is 2.33. The Labute approximate surface area is 101 Å². The highest BCUT2D eigenvalue weighted by Crippen LogP contribution is 2.38. The van der Waals surface area contributed by atoms with Crippen LogP contribution in [0.4, 0.5) is 10.1 Å². The predicted octanol–water partition coefficient (Wildman–Crippen LogP) is 2.72. The molecule has 2 rings (SSSR count). The van der Waals surface area contributed by atoms with Gasteiger partial charge in [0.15, 0.2) is 17.7 Å². The number of rotatable bonds is 1. The van der Waals surface area contributed by atoms with Gasteiger partial charge in [-0.1, -0.05) is 22.9 Å². The number of benzene rings is 1. The Hall–Kier alpha value is -1.10. The first-order valence-corrected chi connectivity index (χ1v) is 5.77. The maximum Gasteiger partial charge on any atom is 0.267 e. The lowest BCUT2D eigenvalue weighted by Crippen LogP contribution is -2.43. The molecule has 0 fully saturated rings. The van der Waals surface area contributed by atoms with E-state index in [0.717, 1.165) is 0 Å². The molecule has 0 saturated carbocycles. The molecule has 1 aromatic rings. The Bertz CT molecular complexity index is 450. The van der Waals surface area contributed by atoms with Crippen LogP contribution >= 0.6 is 15.9 Å². The second-order valence-electron chi connectivity index (χ2n) is 3.65. The fraction of sp³-hybridized carbons (Fsp3) is 0.364. The molecular formula is C11H11BrFNO2. The van der Waals surface area contributed by atoms with E-state index in [1.54, 1.807) is 13.1 Å². The van der Waals surface area contributed by atoms with Crippen LogP contribution in [0.25, 0.3) is 0 Å². The van der Waals surface area contributed by atoms with Crippen molar-refractivity contribution in [3.8, 4) is 5.75 Å². The Morgan fingerprint density at radius 1 is 1.56 bits per heavy atom. The van der Waals surface area contributed by atoms with Crippen molar-refractivity contribution in [2.24, 2.45) is 0 Å². The number of hydrogen-bond donors (Lipinski definition) is 0. The predicted molar refractivity (Wildman–Crippen MR) is 62.2 cm³/mol. The third-order valence-electron chi connectivity index (χ3n) is 2.59. The lowest BCUT2D eigenvalue weighted by atomic mass is 10.1. The summed E-state index contributed by atoms with van der Waals surface area (Å²) in [6.45, 7) is 1.83. The van der Waals surface area contributed by atoms with Gasteiger partial charge in [-0.25, -0.2) is 4.39 Å². The summed E-state index contributed by atoms with van der Waals surface area (Å²) >= 11 is 3.19. The van der Waals surface area contributed by atoms with Crippen molar-refractivity contribution in [1.29, 1.82) is 0 Å². The standard InChI is InChI=1S/C11H11BrFNO2/c1-3-9-11(15)14(2)8-5-6(12)4-7(13)10(8)16-9/h4-5,9H,3H2,1-2H3. The Morgan fingerprint density at radius 2 is 2.25 bits per heavy atom. The van der Waals surface area contributed by atoms with Gasteiger partial charge in [0.1, 0.15) is 0 Å². The number of hydrogen-bond acceptors (Lipinski definition) is 2. The summed E-state index contributed by atoms with van der Waals surface area (Å²) in [5.41, 5.74) is 0.460. The largest absolute Gasteiger partial charge is 0.475 e. The summed E-state index contributed by atoms with van der Waals surface area (Å²) in [6, 6.07) is 3.00. The average Bonchev–Trinajstić information content (AvgIpc) is 2.24. The lowest BCUT2D eigenvalue weighted by Gasteiger charge is -2.31. The molecule has 1 aromatic carbocycles. The van der Waals surface area contributed by atoms with Gasteiger partial charge in [0.25, 0.3) is 5.91 Å². The molecule has 16 heavy (non-hydrogen) atoms. The van der Waals surface area contributed by atoms with Gasteiger partial charge in [-0.05, 0) is 18.6 Å². The normalized spacial score (nSPS) is 19.4. The molecule has 86 valence electrons. The molecule has 1 atom stereocenters. The number of carbonyl (C=O) groups is 1. The fourth-order valence-corrected chi connectivity index (χ4v) is 2.12. The molecule has 0 saturated heterocycles. The van der Waals surface area contributed by atoms with E-state index in [1.807, 2.05) is 6.92 Å². The minimum atomic E-state index is -0.590. The van der Waals surface area contributed by atoms with Crippen molar-refractivity contribution in [2.45, 2.75) is 19.4 Å². The van der Waals surface area contributed by atoms with E-state index in [9.17, 15) is 9.18 Å². The maximum absolute atomic E-state index is 13.6. The molecule has 3 nitrogen and oxygen atoms in total. The number of anilines is 1. The van der Waals surface area contributed by atoms with Crippen molar-refractivity contribution in [3.05, 3.63) is 22.4 Å². The number of amides is 1. The molecule has 1 amide bonds. The summed E-state index contributed by atoms with van der Waals surface area (Å²) in [5, 5.41) is 0. The van der Waals surface area contributed by atoms with E-state index in [2.05, 4.69) is 15.9 Å². The molecule has 0 bridgehead atoms. The van der Waals surface area contributed by atoms with E-state index < -0.39 is 11.9 Å². The van der Waals surface area contributed by atoms with Crippen LogP contribution in [0.3, 0.4) is 0 Å². The molecule has 0 radical (unpaired) electrons. The number of fused-ring (bicyclic) bond motifs is 1. The first-order valence-electron chi connectivity index (χ1n) is 4.98. The smallest absolute Gasteiger partial charge is 0.267 e. The van der Waals surface area contributed by atoms with Crippen LogP contribution in [-0.4, -0.2) is 19.1 Å². The zero-order valence-corrected chi connectivity index (χ0v) is 10.5. The quantitative estimate of drug-likeness (QED) is 0.795. The van der Waals surface area contributed by atoms with Gasteiger partial charge in [-0.2, -0.15) is 0 Å². The average molecular weight is 288 g/mol. The van der Waals surface area contributed by atoms with Crippen molar-refractivity contribution in [1.82, 2.24) is 0 Å². The summed E-state index contributed by atoms with van der Waals surface area (Å²) in [6.07, 6.45) is -0.0637. The summed E-state index contributed by atoms with van der Waals surface area (Å²) in [4.78, 5) is 13.2. The van der Waals surface area contributed by atoms with Gasteiger partial charge in [0.2, 0.25) is 0 Å². The Morgan fingerprint density at radius 3 is 2.88 bits per heavy atom. The first-order chi connectivity index (χ1) is 7.54. The van der Waals surface area contributed by atoms with Crippen LogP contribution in [0.1, 0.15) is 13.3 Å². The zero-order valence-electron chi connectivity index (χ0n) is 8.96. The van der Waals surface area contributed by atoms with E-state index in [1.165, 1.54) is 11.0 Å². The third-order valence-corrected chi connectivity index (χ3v) is 3.04. The minimum absolute atomic E-state index is 0.146. The number of ether oxygens (including phenoxy) is 1. The van der Waals surface area contributed by atoms with Crippen molar-refractivity contribution >= 4 is 27.5 Å². The molecule has 1 heterocycles. The second kappa shape index (κ2) is 4.05. The van der Waals surface area contributed by atoms with Crippen LogP contribution in [0.5, 0.6) is 5.75 Å². The third kappa shape index (κ3) is 1.69. The SMILES string of the molecule is CCC1Oc2c(F)cc(Br)cc2N(C)C1=O. The summed E-state index contributed by atoms with van der Waals surface area (Å²) < 4.78 is 19.6. The number of likely N-dealkylation sites (N-methyl/N-ethyl adjacent to an activating group) is 1. The van der Waals surface area contributed by atoms with Crippen LogP contribution in [0.2, 0.25) is 0 Å². The summed E-state index contributed by atoms with van der Waals surface area (Å²) in [7, 11) is 1.62. The highest BCUT2D eigenvalue weighted by molar-refractivity contribution is 9.10. The molecule has 1 aliphatic heterocycles. The topological polar surface area (TPSA) is 29.5 Å². The second-order valence-corrected chi connectivity index (χ2v) is 4.56. The Kier molecular flexibility index (Phi) is 2.88. The van der Waals surface area contributed by atoms with Crippen LogP contribution in [0.15, 0.2) is 16.6 Å². The molecule has 0 N–H and O–H groups in total. The zero-order chi connectivity index (χ0) is 11.9. The molecule has 0 aliphatic carbocycles. The van der Waals surface area contributed by atoms with E-state index in [4.69, 9.17) is 4.74 Å². The minimum Gasteiger partial charge on any atom is -0.475 e. The van der Waals surface area contributed by atoms with Crippen molar-refractivity contribution in [3.63, 3.8) is 0 Å². The monoisotopic (exact) mass is 287 g/mol. The molecule has 0 aromatic heterocycles. The van der Waals surface area contributed by atoms with E-state index in [0.29, 0.717) is 16.6 Å². The molecule has 5 heteroatoms. The van der Waals surface area contributed by atoms with Gasteiger partial charge >= 0.3 is 0 Å². The van der Waals surface area contributed by atoms with Crippen LogP contribution in [0, 0.1) is 5.82 Å². The van der Waals surface area contributed by atoms with E-state index >= 15 is 0 Å². The van der Waals surface area contributed by atoms with E-state index in [-0.39, 0.29) is 11.7 Å². The van der Waals surface area contributed by atoms with Gasteiger partial charge in [-0.15, -0.1) is 0 Å². The maximum atomic E-state index is 13.6. The number of carbonyl (C=O) groups excluding carboxylic acids is 1. The summed E-state index contributed by atoms with van der Waals surface area (Å²) in [5.74, 6) is -0.452. The fourth-order valence-electron chi connectivity index (χ4n) is 1.70. The Balaban J connectivity index is 2.54. The van der Waals surface area contributed by atoms with Crippen LogP contribution < -0.4 is 9.64 Å². The van der Waals surface area contributed by atoms with Gasteiger partial charge in [-0.3, -0.25) is 4.79 Å². The van der Waals surface area contributed by atoms with Crippen molar-refractivity contribution < 1.29 is 13.9 Å².